The molecule has 0 amide bonds. The molecule has 2 aliphatic heterocycles. The van der Waals surface area contributed by atoms with Crippen molar-refractivity contribution in [3.63, 3.8) is 0 Å². The predicted octanol–water partition coefficient (Wildman–Crippen LogP) is 1.93. The van der Waals surface area contributed by atoms with Crippen molar-refractivity contribution < 1.29 is 18.9 Å². The molecule has 2 heterocycles. The van der Waals surface area contributed by atoms with Gasteiger partial charge in [-0.25, -0.2) is 0 Å². The number of ether oxygens (including phenoxy) is 4. The minimum absolute atomic E-state index is 0. The number of hydrogen-bond acceptors (Lipinski definition) is 6. The van der Waals surface area contributed by atoms with Crippen molar-refractivity contribution in [2.75, 3.05) is 59.8 Å². The Bertz CT molecular complexity index is 653. The molecule has 8 nitrogen and oxygen atoms in total. The van der Waals surface area contributed by atoms with Crippen LogP contribution in [-0.2, 0) is 4.74 Å². The Labute approximate surface area is 190 Å². The van der Waals surface area contributed by atoms with E-state index >= 15 is 0 Å². The second-order valence-corrected chi connectivity index (χ2v) is 7.20. The SMILES string of the molecule is CN=C(NCCOc1ccc2c(c1)OCO2)NCC(C(C)C)N1CCOCC1.I. The Kier molecular flexibility index (Phi) is 10.1. The van der Waals surface area contributed by atoms with Crippen LogP contribution in [0.2, 0.25) is 0 Å². The molecule has 0 aliphatic carbocycles. The normalized spacial score (nSPS) is 17.6. The number of halogens is 1. The number of aliphatic imine (C=N–C) groups is 1. The molecule has 1 aromatic carbocycles. The first-order valence-corrected chi connectivity index (χ1v) is 9.96. The van der Waals surface area contributed by atoms with Crippen LogP contribution >= 0.6 is 24.0 Å². The third-order valence-electron chi connectivity index (χ3n) is 4.99. The van der Waals surface area contributed by atoms with Gasteiger partial charge in [-0.3, -0.25) is 9.89 Å². The molecule has 2 N–H and O–H groups in total. The molecule has 1 unspecified atom stereocenters. The molecule has 1 aromatic rings. The highest BCUT2D eigenvalue weighted by molar-refractivity contribution is 14.0. The highest BCUT2D eigenvalue weighted by Crippen LogP contribution is 2.34. The maximum Gasteiger partial charge on any atom is 0.231 e. The van der Waals surface area contributed by atoms with E-state index in [4.69, 9.17) is 18.9 Å². The number of benzene rings is 1. The maximum atomic E-state index is 5.78. The summed E-state index contributed by atoms with van der Waals surface area (Å²) in [5.74, 6) is 3.59. The topological polar surface area (TPSA) is 76.6 Å². The monoisotopic (exact) mass is 520 g/mol. The Balaban J connectivity index is 0.00000300. The molecule has 0 radical (unpaired) electrons. The molecule has 29 heavy (non-hydrogen) atoms. The van der Waals surface area contributed by atoms with E-state index < -0.39 is 0 Å². The molecule has 1 saturated heterocycles. The van der Waals surface area contributed by atoms with E-state index in [-0.39, 0.29) is 30.8 Å². The lowest BCUT2D eigenvalue weighted by Crippen LogP contribution is -2.52. The van der Waals surface area contributed by atoms with Crippen molar-refractivity contribution >= 4 is 29.9 Å². The van der Waals surface area contributed by atoms with E-state index in [1.807, 2.05) is 18.2 Å². The predicted molar refractivity (Wildman–Crippen MR) is 124 cm³/mol. The molecule has 9 heteroatoms. The maximum absolute atomic E-state index is 5.78. The molecule has 1 atom stereocenters. The molecule has 1 fully saturated rings. The first kappa shape index (κ1) is 23.8. The largest absolute Gasteiger partial charge is 0.492 e. The van der Waals surface area contributed by atoms with Gasteiger partial charge in [0.2, 0.25) is 6.79 Å². The highest BCUT2D eigenvalue weighted by atomic mass is 127. The smallest absolute Gasteiger partial charge is 0.231 e. The van der Waals surface area contributed by atoms with Crippen LogP contribution in [0.3, 0.4) is 0 Å². The van der Waals surface area contributed by atoms with Crippen molar-refractivity contribution in [2.45, 2.75) is 19.9 Å². The average molecular weight is 520 g/mol. The van der Waals surface area contributed by atoms with E-state index in [1.54, 1.807) is 7.05 Å². The summed E-state index contributed by atoms with van der Waals surface area (Å²) in [6.07, 6.45) is 0. The summed E-state index contributed by atoms with van der Waals surface area (Å²) in [5.41, 5.74) is 0. The van der Waals surface area contributed by atoms with Gasteiger partial charge in [-0.2, -0.15) is 0 Å². The van der Waals surface area contributed by atoms with Crippen LogP contribution in [0, 0.1) is 5.92 Å². The summed E-state index contributed by atoms with van der Waals surface area (Å²) in [5, 5.41) is 6.75. The molecular formula is C20H33IN4O4. The number of fused-ring (bicyclic) bond motifs is 1. The zero-order chi connectivity index (χ0) is 19.8. The summed E-state index contributed by atoms with van der Waals surface area (Å²) >= 11 is 0. The van der Waals surface area contributed by atoms with Gasteiger partial charge in [-0.15, -0.1) is 24.0 Å². The average Bonchev–Trinajstić information content (AvgIpc) is 3.18. The van der Waals surface area contributed by atoms with Crippen LogP contribution in [0.5, 0.6) is 17.2 Å². The molecule has 3 rings (SSSR count). The van der Waals surface area contributed by atoms with E-state index in [0.717, 1.165) is 56.1 Å². The van der Waals surface area contributed by atoms with Crippen molar-refractivity contribution in [1.29, 1.82) is 0 Å². The van der Waals surface area contributed by atoms with Gasteiger partial charge in [0, 0.05) is 38.8 Å². The van der Waals surface area contributed by atoms with Crippen LogP contribution in [-0.4, -0.2) is 76.7 Å². The number of guanidine groups is 1. The van der Waals surface area contributed by atoms with Gasteiger partial charge >= 0.3 is 0 Å². The number of nitrogens with one attached hydrogen (secondary N) is 2. The lowest BCUT2D eigenvalue weighted by atomic mass is 10.0. The van der Waals surface area contributed by atoms with E-state index in [1.165, 1.54) is 0 Å². The first-order chi connectivity index (χ1) is 13.7. The van der Waals surface area contributed by atoms with E-state index in [2.05, 4.69) is 34.4 Å². The lowest BCUT2D eigenvalue weighted by Gasteiger charge is -2.37. The van der Waals surface area contributed by atoms with Gasteiger partial charge in [0.25, 0.3) is 0 Å². The Morgan fingerprint density at radius 1 is 1.17 bits per heavy atom. The fraction of sp³-hybridized carbons (Fsp3) is 0.650. The minimum Gasteiger partial charge on any atom is -0.492 e. The standard InChI is InChI=1S/C20H32N4O4.HI/c1-15(2)17(24-7-10-25-11-8-24)13-23-20(21-3)22-6-9-26-16-4-5-18-19(12-16)28-14-27-18;/h4-5,12,15,17H,6-11,13-14H2,1-3H3,(H2,21,22,23);1H. The molecule has 2 aliphatic rings. The van der Waals surface area contributed by atoms with Gasteiger partial charge in [0.05, 0.1) is 19.8 Å². The molecule has 0 spiro atoms. The Morgan fingerprint density at radius 3 is 2.66 bits per heavy atom. The second-order valence-electron chi connectivity index (χ2n) is 7.20. The summed E-state index contributed by atoms with van der Waals surface area (Å²) in [6.45, 7) is 10.4. The zero-order valence-electron chi connectivity index (χ0n) is 17.5. The molecular weight excluding hydrogens is 487 g/mol. The van der Waals surface area contributed by atoms with Crippen molar-refractivity contribution in [1.82, 2.24) is 15.5 Å². The fourth-order valence-electron chi connectivity index (χ4n) is 3.42. The zero-order valence-corrected chi connectivity index (χ0v) is 19.8. The van der Waals surface area contributed by atoms with E-state index in [9.17, 15) is 0 Å². The van der Waals surface area contributed by atoms with Crippen molar-refractivity contribution in [2.24, 2.45) is 10.9 Å². The summed E-state index contributed by atoms with van der Waals surface area (Å²) in [4.78, 5) is 6.81. The third kappa shape index (κ3) is 7.07. The molecule has 0 saturated carbocycles. The lowest BCUT2D eigenvalue weighted by molar-refractivity contribution is 0.00752. The van der Waals surface area contributed by atoms with E-state index in [0.29, 0.717) is 25.1 Å². The highest BCUT2D eigenvalue weighted by Gasteiger charge is 2.23. The molecule has 0 aromatic heterocycles. The number of hydrogen-bond donors (Lipinski definition) is 2. The number of rotatable bonds is 8. The summed E-state index contributed by atoms with van der Waals surface area (Å²) in [6, 6.07) is 6.05. The van der Waals surface area contributed by atoms with Crippen molar-refractivity contribution in [3.8, 4) is 17.2 Å². The van der Waals surface area contributed by atoms with Gasteiger partial charge in [-0.05, 0) is 18.1 Å². The second kappa shape index (κ2) is 12.3. The number of morpholine rings is 1. The van der Waals surface area contributed by atoms with Gasteiger partial charge in [0.1, 0.15) is 12.4 Å². The number of nitrogens with zero attached hydrogens (tertiary/aromatic N) is 2. The third-order valence-corrected chi connectivity index (χ3v) is 4.99. The summed E-state index contributed by atoms with van der Waals surface area (Å²) < 4.78 is 21.9. The first-order valence-electron chi connectivity index (χ1n) is 9.96. The van der Waals surface area contributed by atoms with Crippen LogP contribution in [0.4, 0.5) is 0 Å². The Hall–Kier alpha value is -1.46. The molecule has 0 bridgehead atoms. The quantitative estimate of drug-likeness (QED) is 0.235. The molecule has 164 valence electrons. The fourth-order valence-corrected chi connectivity index (χ4v) is 3.42. The van der Waals surface area contributed by atoms with Gasteiger partial charge < -0.3 is 29.6 Å². The van der Waals surface area contributed by atoms with Crippen LogP contribution in [0.15, 0.2) is 23.2 Å². The Morgan fingerprint density at radius 2 is 1.93 bits per heavy atom. The van der Waals surface area contributed by atoms with Crippen molar-refractivity contribution in [3.05, 3.63) is 18.2 Å². The van der Waals surface area contributed by atoms with Gasteiger partial charge in [0.15, 0.2) is 17.5 Å². The van der Waals surface area contributed by atoms with Gasteiger partial charge in [-0.1, -0.05) is 13.8 Å². The summed E-state index contributed by atoms with van der Waals surface area (Å²) in [7, 11) is 1.78. The van der Waals surface area contributed by atoms with Crippen LogP contribution in [0.25, 0.3) is 0 Å². The van der Waals surface area contributed by atoms with Crippen LogP contribution < -0.4 is 24.8 Å². The van der Waals surface area contributed by atoms with Crippen LogP contribution in [0.1, 0.15) is 13.8 Å². The minimum atomic E-state index is 0.